The highest BCUT2D eigenvalue weighted by Gasteiger charge is 2.17. The first-order chi connectivity index (χ1) is 8.58. The standard InChI is InChI=1S/C12H14N4O2/c1-7-6-13-5-4-10(7)11(17)14-8(2)12-15-9(3)16-18-12/h4-6,8H,1-3H3,(H,14,17). The van der Waals surface area contributed by atoms with Crippen LogP contribution in [0.1, 0.15) is 40.6 Å². The summed E-state index contributed by atoms with van der Waals surface area (Å²) < 4.78 is 5.00. The van der Waals surface area contributed by atoms with Crippen LogP contribution in [-0.2, 0) is 0 Å². The first-order valence-corrected chi connectivity index (χ1v) is 5.59. The lowest BCUT2D eigenvalue weighted by Gasteiger charge is -2.10. The summed E-state index contributed by atoms with van der Waals surface area (Å²) in [5.41, 5.74) is 1.41. The third-order valence-electron chi connectivity index (χ3n) is 2.53. The minimum absolute atomic E-state index is 0.182. The molecule has 0 radical (unpaired) electrons. The fourth-order valence-electron chi connectivity index (χ4n) is 1.55. The van der Waals surface area contributed by atoms with Crippen LogP contribution in [0.4, 0.5) is 0 Å². The van der Waals surface area contributed by atoms with Crippen LogP contribution in [0.25, 0.3) is 0 Å². The molecule has 0 saturated heterocycles. The third-order valence-corrected chi connectivity index (χ3v) is 2.53. The Bertz CT molecular complexity index is 565. The summed E-state index contributed by atoms with van der Waals surface area (Å²) in [5, 5.41) is 6.49. The Morgan fingerprint density at radius 1 is 1.44 bits per heavy atom. The molecule has 0 aliphatic rings. The predicted octanol–water partition coefficient (Wildman–Crippen LogP) is 1.57. The molecule has 0 bridgehead atoms. The number of pyridine rings is 1. The number of hydrogen-bond acceptors (Lipinski definition) is 5. The highest BCUT2D eigenvalue weighted by atomic mass is 16.5. The molecule has 2 heterocycles. The molecule has 6 heteroatoms. The van der Waals surface area contributed by atoms with Gasteiger partial charge in [0.15, 0.2) is 5.82 Å². The Balaban J connectivity index is 2.10. The number of rotatable bonds is 3. The second kappa shape index (κ2) is 4.95. The van der Waals surface area contributed by atoms with E-state index in [1.54, 1.807) is 32.3 Å². The predicted molar refractivity (Wildman–Crippen MR) is 63.9 cm³/mol. The van der Waals surface area contributed by atoms with Gasteiger partial charge in [-0.15, -0.1) is 0 Å². The van der Waals surface area contributed by atoms with Crippen molar-refractivity contribution in [3.8, 4) is 0 Å². The van der Waals surface area contributed by atoms with Gasteiger partial charge >= 0.3 is 0 Å². The largest absolute Gasteiger partial charge is 0.341 e. The molecular weight excluding hydrogens is 232 g/mol. The molecule has 2 rings (SSSR count). The van der Waals surface area contributed by atoms with Gasteiger partial charge < -0.3 is 9.84 Å². The summed E-state index contributed by atoms with van der Waals surface area (Å²) in [4.78, 5) is 20.0. The summed E-state index contributed by atoms with van der Waals surface area (Å²) in [6.07, 6.45) is 3.24. The van der Waals surface area contributed by atoms with Crippen molar-refractivity contribution in [3.63, 3.8) is 0 Å². The van der Waals surface area contributed by atoms with E-state index in [0.717, 1.165) is 5.56 Å². The minimum Gasteiger partial charge on any atom is -0.341 e. The molecule has 0 aromatic carbocycles. The van der Waals surface area contributed by atoms with E-state index < -0.39 is 0 Å². The van der Waals surface area contributed by atoms with Crippen molar-refractivity contribution in [1.82, 2.24) is 20.4 Å². The van der Waals surface area contributed by atoms with Crippen LogP contribution < -0.4 is 5.32 Å². The maximum Gasteiger partial charge on any atom is 0.252 e. The van der Waals surface area contributed by atoms with Gasteiger partial charge in [-0.05, 0) is 32.4 Å². The SMILES string of the molecule is Cc1noc(C(C)NC(=O)c2ccncc2C)n1. The molecule has 0 aliphatic heterocycles. The van der Waals surface area contributed by atoms with E-state index >= 15 is 0 Å². The molecular formula is C12H14N4O2. The Morgan fingerprint density at radius 2 is 2.22 bits per heavy atom. The highest BCUT2D eigenvalue weighted by Crippen LogP contribution is 2.11. The monoisotopic (exact) mass is 246 g/mol. The molecule has 1 atom stereocenters. The lowest BCUT2D eigenvalue weighted by Crippen LogP contribution is -2.27. The Labute approximate surface area is 104 Å². The first-order valence-electron chi connectivity index (χ1n) is 5.59. The molecule has 0 saturated carbocycles. The molecule has 0 fully saturated rings. The first kappa shape index (κ1) is 12.2. The van der Waals surface area contributed by atoms with Crippen molar-refractivity contribution in [2.24, 2.45) is 0 Å². The van der Waals surface area contributed by atoms with E-state index in [2.05, 4.69) is 20.4 Å². The maximum atomic E-state index is 12.0. The smallest absolute Gasteiger partial charge is 0.252 e. The van der Waals surface area contributed by atoms with E-state index in [0.29, 0.717) is 17.3 Å². The van der Waals surface area contributed by atoms with Crippen molar-refractivity contribution < 1.29 is 9.32 Å². The number of aryl methyl sites for hydroxylation is 2. The zero-order chi connectivity index (χ0) is 13.1. The molecule has 1 N–H and O–H groups in total. The molecule has 1 amide bonds. The molecule has 94 valence electrons. The minimum atomic E-state index is -0.328. The number of amides is 1. The molecule has 6 nitrogen and oxygen atoms in total. The lowest BCUT2D eigenvalue weighted by atomic mass is 10.1. The van der Waals surface area contributed by atoms with Gasteiger partial charge in [0.05, 0.1) is 0 Å². The van der Waals surface area contributed by atoms with E-state index in [9.17, 15) is 4.79 Å². The van der Waals surface area contributed by atoms with Crippen molar-refractivity contribution in [3.05, 3.63) is 41.3 Å². The molecule has 0 spiro atoms. The van der Waals surface area contributed by atoms with Crippen LogP contribution >= 0.6 is 0 Å². The second-order valence-corrected chi connectivity index (χ2v) is 4.07. The number of aromatic nitrogens is 3. The number of hydrogen-bond donors (Lipinski definition) is 1. The lowest BCUT2D eigenvalue weighted by molar-refractivity contribution is 0.0932. The van der Waals surface area contributed by atoms with Crippen LogP contribution in [0.5, 0.6) is 0 Å². The maximum absolute atomic E-state index is 12.0. The summed E-state index contributed by atoms with van der Waals surface area (Å²) >= 11 is 0. The second-order valence-electron chi connectivity index (χ2n) is 4.07. The molecule has 2 aromatic heterocycles. The molecule has 2 aromatic rings. The van der Waals surface area contributed by atoms with E-state index in [4.69, 9.17) is 4.52 Å². The van der Waals surface area contributed by atoms with Crippen molar-refractivity contribution in [2.75, 3.05) is 0 Å². The van der Waals surface area contributed by atoms with E-state index in [-0.39, 0.29) is 11.9 Å². The van der Waals surface area contributed by atoms with Gasteiger partial charge in [-0.2, -0.15) is 4.98 Å². The van der Waals surface area contributed by atoms with Crippen LogP contribution in [0, 0.1) is 13.8 Å². The Kier molecular flexibility index (Phi) is 3.36. The third kappa shape index (κ3) is 2.53. The van der Waals surface area contributed by atoms with Crippen molar-refractivity contribution in [1.29, 1.82) is 0 Å². The molecule has 0 aliphatic carbocycles. The van der Waals surface area contributed by atoms with E-state index in [1.165, 1.54) is 0 Å². The quantitative estimate of drug-likeness (QED) is 0.889. The van der Waals surface area contributed by atoms with Crippen molar-refractivity contribution in [2.45, 2.75) is 26.8 Å². The van der Waals surface area contributed by atoms with Gasteiger partial charge in [-0.3, -0.25) is 9.78 Å². The van der Waals surface area contributed by atoms with Crippen LogP contribution in [0.3, 0.4) is 0 Å². The van der Waals surface area contributed by atoms with Crippen molar-refractivity contribution >= 4 is 5.91 Å². The average molecular weight is 246 g/mol. The van der Waals surface area contributed by atoms with Gasteiger partial charge in [0, 0.05) is 18.0 Å². The number of nitrogens with zero attached hydrogens (tertiary/aromatic N) is 3. The summed E-state index contributed by atoms with van der Waals surface area (Å²) in [5.74, 6) is 0.761. The van der Waals surface area contributed by atoms with Crippen LogP contribution in [-0.4, -0.2) is 21.0 Å². The Morgan fingerprint density at radius 3 is 2.83 bits per heavy atom. The van der Waals surface area contributed by atoms with Crippen LogP contribution in [0.2, 0.25) is 0 Å². The summed E-state index contributed by atoms with van der Waals surface area (Å²) in [6.45, 7) is 5.36. The Hall–Kier alpha value is -2.24. The summed E-state index contributed by atoms with van der Waals surface area (Å²) in [7, 11) is 0. The molecule has 18 heavy (non-hydrogen) atoms. The fraction of sp³-hybridized carbons (Fsp3) is 0.333. The van der Waals surface area contributed by atoms with Gasteiger partial charge in [0.1, 0.15) is 6.04 Å². The normalized spacial score (nSPS) is 12.2. The zero-order valence-corrected chi connectivity index (χ0v) is 10.5. The van der Waals surface area contributed by atoms with Gasteiger partial charge in [-0.25, -0.2) is 0 Å². The fourth-order valence-corrected chi connectivity index (χ4v) is 1.55. The number of carbonyl (C=O) groups is 1. The summed E-state index contributed by atoms with van der Waals surface area (Å²) in [6, 6.07) is 1.35. The number of carbonyl (C=O) groups excluding carboxylic acids is 1. The van der Waals surface area contributed by atoms with Crippen LogP contribution in [0.15, 0.2) is 23.0 Å². The van der Waals surface area contributed by atoms with Gasteiger partial charge in [0.25, 0.3) is 5.91 Å². The molecule has 1 unspecified atom stereocenters. The zero-order valence-electron chi connectivity index (χ0n) is 10.5. The highest BCUT2D eigenvalue weighted by molar-refractivity contribution is 5.95. The topological polar surface area (TPSA) is 80.9 Å². The van der Waals surface area contributed by atoms with Gasteiger partial charge in [0.2, 0.25) is 5.89 Å². The number of nitrogens with one attached hydrogen (secondary N) is 1. The van der Waals surface area contributed by atoms with E-state index in [1.807, 2.05) is 6.92 Å². The van der Waals surface area contributed by atoms with Gasteiger partial charge in [-0.1, -0.05) is 5.16 Å². The average Bonchev–Trinajstić information content (AvgIpc) is 2.76.